The summed E-state index contributed by atoms with van der Waals surface area (Å²) < 4.78 is 26.7. The molecule has 0 spiro atoms. The number of hydrogen-bond donors (Lipinski definition) is 1. The van der Waals surface area contributed by atoms with Crippen LogP contribution in [-0.4, -0.2) is 17.0 Å². The van der Waals surface area contributed by atoms with Crippen molar-refractivity contribution in [1.29, 1.82) is 0 Å². The first-order valence-corrected chi connectivity index (χ1v) is 8.32. The number of aliphatic hydroxyl groups is 1. The van der Waals surface area contributed by atoms with Crippen molar-refractivity contribution < 1.29 is 13.9 Å². The fraction of sp³-hybridized carbons (Fsp3) is 0.118. The van der Waals surface area contributed by atoms with Crippen LogP contribution in [0.15, 0.2) is 52.8 Å². The van der Waals surface area contributed by atoms with E-state index in [9.17, 15) is 13.9 Å². The van der Waals surface area contributed by atoms with E-state index < -0.39 is 22.7 Å². The number of benzene rings is 2. The molecule has 0 atom stereocenters. The van der Waals surface area contributed by atoms with E-state index in [1.54, 1.807) is 6.92 Å². The smallest absolute Gasteiger partial charge is 0.315 e. The third kappa shape index (κ3) is 2.76. The van der Waals surface area contributed by atoms with Crippen LogP contribution in [-0.2, 0) is 0 Å². The standard InChI is InChI=1S/C17H12Cl3F2N2O/c1-9-16(8-25)24(17(20)23-9,14-4-2-10(21)6-12(14)18)15-5-3-11(22)7-13(15)19/h2-7,25H,8H2,1H3/q+1. The van der Waals surface area contributed by atoms with Crippen molar-refractivity contribution >= 4 is 51.5 Å². The highest BCUT2D eigenvalue weighted by molar-refractivity contribution is 6.68. The summed E-state index contributed by atoms with van der Waals surface area (Å²) in [4.78, 5) is 4.24. The number of nitrogens with zero attached hydrogens (tertiary/aromatic N) is 2. The molecule has 2 aromatic rings. The summed E-state index contributed by atoms with van der Waals surface area (Å²) in [7, 11) is 0. The van der Waals surface area contributed by atoms with E-state index in [1.165, 1.54) is 24.3 Å². The van der Waals surface area contributed by atoms with Crippen molar-refractivity contribution in [1.82, 2.24) is 4.48 Å². The Morgan fingerprint density at radius 1 is 0.960 bits per heavy atom. The lowest BCUT2D eigenvalue weighted by molar-refractivity contribution is 0.310. The fourth-order valence-corrected chi connectivity index (χ4v) is 3.98. The molecule has 3 nitrogen and oxygen atoms in total. The summed E-state index contributed by atoms with van der Waals surface area (Å²) in [6.07, 6.45) is 0. The molecule has 0 amide bonds. The van der Waals surface area contributed by atoms with Crippen LogP contribution in [0.3, 0.4) is 0 Å². The maximum Gasteiger partial charge on any atom is 0.315 e. The minimum atomic E-state index is -0.532. The van der Waals surface area contributed by atoms with Crippen LogP contribution in [0.4, 0.5) is 20.2 Å². The lowest BCUT2D eigenvalue weighted by Crippen LogP contribution is -2.46. The summed E-state index contributed by atoms with van der Waals surface area (Å²) in [6.45, 7) is 1.26. The van der Waals surface area contributed by atoms with Crippen molar-refractivity contribution in [3.05, 3.63) is 69.5 Å². The van der Waals surface area contributed by atoms with Gasteiger partial charge >= 0.3 is 5.29 Å². The Kier molecular flexibility index (Phi) is 4.88. The zero-order valence-corrected chi connectivity index (χ0v) is 15.2. The highest BCUT2D eigenvalue weighted by Crippen LogP contribution is 2.50. The molecule has 130 valence electrons. The first kappa shape index (κ1) is 18.3. The van der Waals surface area contributed by atoms with Crippen LogP contribution in [0.5, 0.6) is 0 Å². The monoisotopic (exact) mass is 403 g/mol. The first-order valence-electron chi connectivity index (χ1n) is 7.18. The van der Waals surface area contributed by atoms with Crippen molar-refractivity contribution in [2.75, 3.05) is 6.61 Å². The van der Waals surface area contributed by atoms with Gasteiger partial charge in [-0.25, -0.2) is 8.78 Å². The molecule has 25 heavy (non-hydrogen) atoms. The zero-order chi connectivity index (χ0) is 18.4. The van der Waals surface area contributed by atoms with Crippen molar-refractivity contribution in [3.8, 4) is 0 Å². The van der Waals surface area contributed by atoms with Crippen LogP contribution in [0.25, 0.3) is 0 Å². The van der Waals surface area contributed by atoms with Gasteiger partial charge in [0.1, 0.15) is 34.0 Å². The van der Waals surface area contributed by atoms with Gasteiger partial charge in [0.25, 0.3) is 0 Å². The second-order valence-electron chi connectivity index (χ2n) is 5.43. The average Bonchev–Trinajstić information content (AvgIpc) is 2.78. The number of rotatable bonds is 3. The van der Waals surface area contributed by atoms with Crippen LogP contribution in [0.1, 0.15) is 6.92 Å². The Morgan fingerprint density at radius 2 is 1.44 bits per heavy atom. The van der Waals surface area contributed by atoms with Gasteiger partial charge in [0.2, 0.25) is 0 Å². The molecule has 1 heterocycles. The Bertz CT molecular complexity index is 877. The van der Waals surface area contributed by atoms with E-state index >= 15 is 0 Å². The van der Waals surface area contributed by atoms with E-state index in [0.717, 1.165) is 12.1 Å². The van der Waals surface area contributed by atoms with E-state index in [0.29, 0.717) is 22.8 Å². The highest BCUT2D eigenvalue weighted by Gasteiger charge is 2.51. The molecule has 0 unspecified atom stereocenters. The summed E-state index contributed by atoms with van der Waals surface area (Å²) in [5.74, 6) is -1.06. The van der Waals surface area contributed by atoms with E-state index in [2.05, 4.69) is 4.99 Å². The van der Waals surface area contributed by atoms with Crippen molar-refractivity contribution in [3.63, 3.8) is 0 Å². The molecule has 0 aliphatic carbocycles. The maximum absolute atomic E-state index is 13.6. The van der Waals surface area contributed by atoms with Crippen molar-refractivity contribution in [2.24, 2.45) is 4.99 Å². The van der Waals surface area contributed by atoms with Crippen molar-refractivity contribution in [2.45, 2.75) is 6.92 Å². The molecule has 0 bridgehead atoms. The Morgan fingerprint density at radius 3 is 1.84 bits per heavy atom. The van der Waals surface area contributed by atoms with Gasteiger partial charge < -0.3 is 5.11 Å². The number of aliphatic hydroxyl groups excluding tert-OH is 1. The summed E-state index contributed by atoms with van der Waals surface area (Å²) in [5.41, 5.74) is 1.53. The summed E-state index contributed by atoms with van der Waals surface area (Å²) in [5, 5.41) is 10.1. The molecule has 0 aromatic heterocycles. The van der Waals surface area contributed by atoms with Gasteiger partial charge in [-0.05, 0) is 31.2 Å². The molecular weight excluding hydrogens is 393 g/mol. The average molecular weight is 405 g/mol. The topological polar surface area (TPSA) is 32.6 Å². The Labute approximate surface area is 158 Å². The third-order valence-corrected chi connectivity index (χ3v) is 4.99. The summed E-state index contributed by atoms with van der Waals surface area (Å²) in [6, 6.07) is 7.55. The molecule has 1 N–H and O–H groups in total. The first-order chi connectivity index (χ1) is 11.8. The molecule has 2 aromatic carbocycles. The second kappa shape index (κ2) is 6.67. The quantitative estimate of drug-likeness (QED) is 0.513. The number of hydrogen-bond acceptors (Lipinski definition) is 2. The molecule has 0 saturated heterocycles. The molecule has 0 saturated carbocycles. The minimum Gasteiger partial charge on any atom is -0.386 e. The molecule has 1 aliphatic rings. The molecule has 1 aliphatic heterocycles. The number of quaternary nitrogens is 1. The van der Waals surface area contributed by atoms with E-state index in [-0.39, 0.29) is 15.3 Å². The Hall–Kier alpha value is -1.50. The largest absolute Gasteiger partial charge is 0.386 e. The fourth-order valence-electron chi connectivity index (χ4n) is 2.98. The number of halogens is 5. The van der Waals surface area contributed by atoms with Gasteiger partial charge in [-0.3, -0.25) is 0 Å². The van der Waals surface area contributed by atoms with Gasteiger partial charge in [0, 0.05) is 23.7 Å². The van der Waals surface area contributed by atoms with E-state index in [4.69, 9.17) is 34.8 Å². The normalized spacial score (nSPS) is 16.4. The molecule has 0 fully saturated rings. The molecular formula is C17H12Cl3F2N2O+. The van der Waals surface area contributed by atoms with Crippen LogP contribution < -0.4 is 4.48 Å². The van der Waals surface area contributed by atoms with Gasteiger partial charge in [0.15, 0.2) is 17.1 Å². The number of amidine groups is 1. The van der Waals surface area contributed by atoms with Gasteiger partial charge in [0.05, 0.1) is 0 Å². The molecule has 0 radical (unpaired) electrons. The highest BCUT2D eigenvalue weighted by atomic mass is 35.5. The predicted octanol–water partition coefficient (Wildman–Crippen LogP) is 5.74. The SMILES string of the molecule is CC1=C(CO)[N+](c2ccc(F)cc2Cl)(c2ccc(F)cc2Cl)C(Cl)=N1. The zero-order valence-electron chi connectivity index (χ0n) is 12.9. The van der Waals surface area contributed by atoms with Gasteiger partial charge in [-0.2, -0.15) is 9.48 Å². The third-order valence-electron chi connectivity index (χ3n) is 4.05. The van der Waals surface area contributed by atoms with Crippen LogP contribution >= 0.6 is 34.8 Å². The maximum atomic E-state index is 13.6. The van der Waals surface area contributed by atoms with Gasteiger partial charge in [-0.15, -0.1) is 0 Å². The van der Waals surface area contributed by atoms with Crippen LogP contribution in [0.2, 0.25) is 10.0 Å². The Balaban J connectivity index is 2.44. The number of allylic oxidation sites excluding steroid dienone is 1. The lowest BCUT2D eigenvalue weighted by Gasteiger charge is -2.34. The second-order valence-corrected chi connectivity index (χ2v) is 6.59. The lowest BCUT2D eigenvalue weighted by atomic mass is 10.1. The van der Waals surface area contributed by atoms with Crippen LogP contribution in [0, 0.1) is 11.6 Å². The molecule has 8 heteroatoms. The minimum absolute atomic E-state index is 0.0311. The summed E-state index contributed by atoms with van der Waals surface area (Å²) >= 11 is 19.0. The molecule has 3 rings (SSSR count). The van der Waals surface area contributed by atoms with E-state index in [1.807, 2.05) is 0 Å². The predicted molar refractivity (Wildman–Crippen MR) is 97.3 cm³/mol. The van der Waals surface area contributed by atoms with Gasteiger partial charge in [-0.1, -0.05) is 23.2 Å². The number of aliphatic imine (C=N–C) groups is 1.